The first-order chi connectivity index (χ1) is 7.15. The van der Waals surface area contributed by atoms with Gasteiger partial charge in [0.05, 0.1) is 0 Å². The molecule has 5 heteroatoms. The van der Waals surface area contributed by atoms with Crippen LogP contribution in [0.15, 0.2) is 12.3 Å². The highest BCUT2D eigenvalue weighted by molar-refractivity contribution is 8.00. The van der Waals surface area contributed by atoms with Crippen LogP contribution in [0.25, 0.3) is 0 Å². The second-order valence-electron chi connectivity index (χ2n) is 3.85. The Morgan fingerprint density at radius 3 is 2.67 bits per heavy atom. The van der Waals surface area contributed by atoms with Gasteiger partial charge in [-0.3, -0.25) is 0 Å². The van der Waals surface area contributed by atoms with Crippen molar-refractivity contribution in [3.8, 4) is 0 Å². The Kier molecular flexibility index (Phi) is 3.36. The SMILES string of the molecule is CC1CN(c2ccnc(Cl)n2)CC(C)S1. The summed E-state index contributed by atoms with van der Waals surface area (Å²) in [6.07, 6.45) is 1.71. The maximum Gasteiger partial charge on any atom is 0.224 e. The number of hydrogen-bond donors (Lipinski definition) is 0. The topological polar surface area (TPSA) is 29.0 Å². The van der Waals surface area contributed by atoms with Gasteiger partial charge in [0, 0.05) is 29.8 Å². The Hall–Kier alpha value is -0.480. The Labute approximate surface area is 99.2 Å². The number of thioether (sulfide) groups is 1. The third-order valence-electron chi connectivity index (χ3n) is 2.36. The van der Waals surface area contributed by atoms with Crippen molar-refractivity contribution in [1.29, 1.82) is 0 Å². The fourth-order valence-corrected chi connectivity index (χ4v) is 3.34. The van der Waals surface area contributed by atoms with Crippen LogP contribution in [-0.4, -0.2) is 33.6 Å². The molecule has 1 aliphatic heterocycles. The van der Waals surface area contributed by atoms with Crippen LogP contribution in [0, 0.1) is 0 Å². The van der Waals surface area contributed by atoms with Gasteiger partial charge in [-0.25, -0.2) is 9.97 Å². The summed E-state index contributed by atoms with van der Waals surface area (Å²) in [6, 6.07) is 1.92. The second-order valence-corrected chi connectivity index (χ2v) is 6.07. The molecule has 15 heavy (non-hydrogen) atoms. The van der Waals surface area contributed by atoms with Gasteiger partial charge in [-0.05, 0) is 17.7 Å². The van der Waals surface area contributed by atoms with Crippen molar-refractivity contribution in [3.05, 3.63) is 17.5 Å². The predicted molar refractivity (Wildman–Crippen MR) is 65.8 cm³/mol. The van der Waals surface area contributed by atoms with Gasteiger partial charge in [0.25, 0.3) is 0 Å². The summed E-state index contributed by atoms with van der Waals surface area (Å²) in [5.41, 5.74) is 0. The Morgan fingerprint density at radius 1 is 1.40 bits per heavy atom. The number of hydrogen-bond acceptors (Lipinski definition) is 4. The Morgan fingerprint density at radius 2 is 2.07 bits per heavy atom. The van der Waals surface area contributed by atoms with Crippen molar-refractivity contribution in [1.82, 2.24) is 9.97 Å². The van der Waals surface area contributed by atoms with E-state index < -0.39 is 0 Å². The molecule has 82 valence electrons. The molecular weight excluding hydrogens is 230 g/mol. The first kappa shape index (κ1) is 11.0. The van der Waals surface area contributed by atoms with Gasteiger partial charge in [0.15, 0.2) is 0 Å². The molecule has 1 aliphatic rings. The van der Waals surface area contributed by atoms with Crippen molar-refractivity contribution >= 4 is 29.2 Å². The molecule has 1 aromatic rings. The lowest BCUT2D eigenvalue weighted by atomic mass is 10.3. The van der Waals surface area contributed by atoms with E-state index in [-0.39, 0.29) is 0 Å². The molecule has 0 N–H and O–H groups in total. The van der Waals surface area contributed by atoms with Crippen LogP contribution in [-0.2, 0) is 0 Å². The van der Waals surface area contributed by atoms with Crippen LogP contribution in [0.1, 0.15) is 13.8 Å². The summed E-state index contributed by atoms with van der Waals surface area (Å²) in [6.45, 7) is 6.55. The number of rotatable bonds is 1. The number of halogens is 1. The zero-order valence-electron chi connectivity index (χ0n) is 8.85. The summed E-state index contributed by atoms with van der Waals surface area (Å²) in [4.78, 5) is 10.4. The molecule has 2 rings (SSSR count). The molecule has 0 aromatic carbocycles. The first-order valence-electron chi connectivity index (χ1n) is 5.04. The third kappa shape index (κ3) is 2.75. The molecule has 2 atom stereocenters. The van der Waals surface area contributed by atoms with Crippen LogP contribution in [0.5, 0.6) is 0 Å². The van der Waals surface area contributed by atoms with Gasteiger partial charge >= 0.3 is 0 Å². The molecule has 1 saturated heterocycles. The minimum atomic E-state index is 0.325. The summed E-state index contributed by atoms with van der Waals surface area (Å²) in [7, 11) is 0. The van der Waals surface area contributed by atoms with Crippen molar-refractivity contribution in [2.24, 2.45) is 0 Å². The lowest BCUT2D eigenvalue weighted by Gasteiger charge is -2.35. The predicted octanol–water partition coefficient (Wildman–Crippen LogP) is 2.46. The van der Waals surface area contributed by atoms with Crippen molar-refractivity contribution in [2.45, 2.75) is 24.3 Å². The van der Waals surface area contributed by atoms with Gasteiger partial charge in [-0.2, -0.15) is 11.8 Å². The smallest absolute Gasteiger partial charge is 0.224 e. The van der Waals surface area contributed by atoms with Crippen molar-refractivity contribution in [2.75, 3.05) is 18.0 Å². The summed E-state index contributed by atoms with van der Waals surface area (Å²) in [5, 5.41) is 1.61. The molecule has 3 nitrogen and oxygen atoms in total. The van der Waals surface area contributed by atoms with Gasteiger partial charge in [0.1, 0.15) is 5.82 Å². The molecule has 2 unspecified atom stereocenters. The molecule has 0 amide bonds. The van der Waals surface area contributed by atoms with E-state index in [2.05, 4.69) is 28.7 Å². The van der Waals surface area contributed by atoms with Crippen LogP contribution in [0.3, 0.4) is 0 Å². The molecule has 2 heterocycles. The van der Waals surface area contributed by atoms with Crippen molar-refractivity contribution < 1.29 is 0 Å². The van der Waals surface area contributed by atoms with E-state index in [4.69, 9.17) is 11.6 Å². The van der Waals surface area contributed by atoms with Crippen LogP contribution >= 0.6 is 23.4 Å². The minimum absolute atomic E-state index is 0.325. The normalized spacial score (nSPS) is 26.7. The van der Waals surface area contributed by atoms with Crippen LogP contribution < -0.4 is 4.90 Å². The average Bonchev–Trinajstić information content (AvgIpc) is 2.16. The maximum atomic E-state index is 5.78. The van der Waals surface area contributed by atoms with E-state index in [1.54, 1.807) is 6.20 Å². The zero-order chi connectivity index (χ0) is 10.8. The number of aromatic nitrogens is 2. The summed E-state index contributed by atoms with van der Waals surface area (Å²) < 4.78 is 0. The van der Waals surface area contributed by atoms with Gasteiger partial charge in [0.2, 0.25) is 5.28 Å². The highest BCUT2D eigenvalue weighted by Crippen LogP contribution is 2.27. The molecule has 0 aliphatic carbocycles. The molecule has 0 radical (unpaired) electrons. The molecular formula is C10H14ClN3S. The first-order valence-corrected chi connectivity index (χ1v) is 6.36. The quantitative estimate of drug-likeness (QED) is 0.709. The zero-order valence-corrected chi connectivity index (χ0v) is 10.4. The van der Waals surface area contributed by atoms with E-state index in [0.29, 0.717) is 15.8 Å². The van der Waals surface area contributed by atoms with Crippen LogP contribution in [0.2, 0.25) is 5.28 Å². The van der Waals surface area contributed by atoms with E-state index in [9.17, 15) is 0 Å². The highest BCUT2D eigenvalue weighted by atomic mass is 35.5. The lowest BCUT2D eigenvalue weighted by Crippen LogP contribution is -2.40. The fraction of sp³-hybridized carbons (Fsp3) is 0.600. The maximum absolute atomic E-state index is 5.78. The summed E-state index contributed by atoms with van der Waals surface area (Å²) in [5.74, 6) is 0.939. The Bertz CT molecular complexity index is 337. The van der Waals surface area contributed by atoms with Gasteiger partial charge in [-0.1, -0.05) is 13.8 Å². The molecule has 1 fully saturated rings. The standard InChI is InChI=1S/C10H14ClN3S/c1-7-5-14(6-8(2)15-7)9-3-4-12-10(11)13-9/h3-4,7-8H,5-6H2,1-2H3. The van der Waals surface area contributed by atoms with E-state index in [1.165, 1.54) is 0 Å². The Balaban J connectivity index is 2.16. The molecule has 1 aromatic heterocycles. The minimum Gasteiger partial charge on any atom is -0.354 e. The van der Waals surface area contributed by atoms with E-state index in [0.717, 1.165) is 18.9 Å². The van der Waals surface area contributed by atoms with Gasteiger partial charge < -0.3 is 4.90 Å². The van der Waals surface area contributed by atoms with Crippen LogP contribution in [0.4, 0.5) is 5.82 Å². The molecule has 0 saturated carbocycles. The van der Waals surface area contributed by atoms with Gasteiger partial charge in [-0.15, -0.1) is 0 Å². The summed E-state index contributed by atoms with van der Waals surface area (Å²) >= 11 is 7.81. The number of nitrogens with zero attached hydrogens (tertiary/aromatic N) is 3. The molecule has 0 spiro atoms. The third-order valence-corrected chi connectivity index (χ3v) is 3.76. The van der Waals surface area contributed by atoms with E-state index in [1.807, 2.05) is 17.8 Å². The monoisotopic (exact) mass is 243 g/mol. The second kappa shape index (κ2) is 4.58. The lowest BCUT2D eigenvalue weighted by molar-refractivity contribution is 0.717. The number of anilines is 1. The highest BCUT2D eigenvalue weighted by Gasteiger charge is 2.23. The fourth-order valence-electron chi connectivity index (χ4n) is 1.87. The van der Waals surface area contributed by atoms with E-state index >= 15 is 0 Å². The largest absolute Gasteiger partial charge is 0.354 e. The molecule has 0 bridgehead atoms. The van der Waals surface area contributed by atoms with Crippen molar-refractivity contribution in [3.63, 3.8) is 0 Å². The average molecular weight is 244 g/mol.